The first-order valence-corrected chi connectivity index (χ1v) is 10.4. The van der Waals surface area contributed by atoms with Crippen LogP contribution >= 0.6 is 0 Å². The maximum atomic E-state index is 13.2. The number of benzene rings is 1. The van der Waals surface area contributed by atoms with Crippen LogP contribution in [0, 0.1) is 5.92 Å². The van der Waals surface area contributed by atoms with Crippen molar-refractivity contribution in [2.45, 2.75) is 19.3 Å². The number of ketones is 1. The molecule has 160 valence electrons. The second-order valence-electron chi connectivity index (χ2n) is 7.72. The Morgan fingerprint density at radius 3 is 2.68 bits per heavy atom. The Labute approximate surface area is 181 Å². The zero-order chi connectivity index (χ0) is 21.6. The van der Waals surface area contributed by atoms with E-state index in [0.717, 1.165) is 46.7 Å². The molecule has 7 nitrogen and oxygen atoms in total. The van der Waals surface area contributed by atoms with Gasteiger partial charge in [-0.25, -0.2) is 0 Å². The van der Waals surface area contributed by atoms with Gasteiger partial charge in [-0.15, -0.1) is 0 Å². The van der Waals surface area contributed by atoms with Gasteiger partial charge in [-0.2, -0.15) is 0 Å². The van der Waals surface area contributed by atoms with E-state index in [1.165, 1.54) is 7.11 Å². The van der Waals surface area contributed by atoms with Gasteiger partial charge in [-0.3, -0.25) is 14.6 Å². The number of carbonyl (C=O) groups excluding carboxylic acids is 2. The zero-order valence-electron chi connectivity index (χ0n) is 17.5. The van der Waals surface area contributed by atoms with E-state index in [1.54, 1.807) is 12.4 Å². The van der Waals surface area contributed by atoms with Gasteiger partial charge >= 0.3 is 0 Å². The summed E-state index contributed by atoms with van der Waals surface area (Å²) in [5.74, 6) is 0.153. The molecule has 0 radical (unpaired) electrons. The van der Waals surface area contributed by atoms with E-state index in [4.69, 9.17) is 4.74 Å². The molecule has 0 fully saturated rings. The van der Waals surface area contributed by atoms with Crippen molar-refractivity contribution in [3.63, 3.8) is 0 Å². The fourth-order valence-corrected chi connectivity index (χ4v) is 4.07. The van der Waals surface area contributed by atoms with Crippen molar-refractivity contribution in [3.05, 3.63) is 66.1 Å². The highest BCUT2D eigenvalue weighted by molar-refractivity contribution is 6.07. The lowest BCUT2D eigenvalue weighted by atomic mass is 9.84. The number of H-pyrrole nitrogens is 1. The lowest BCUT2D eigenvalue weighted by molar-refractivity contribution is -0.124. The van der Waals surface area contributed by atoms with E-state index in [2.05, 4.69) is 20.6 Å². The van der Waals surface area contributed by atoms with Gasteiger partial charge in [0.2, 0.25) is 5.91 Å². The minimum absolute atomic E-state index is 0.0498. The average Bonchev–Trinajstić information content (AvgIpc) is 3.14. The first-order chi connectivity index (χ1) is 15.2. The standard InChI is InChI=1S/C24H26N4O3/c1-31-15-21(30)26-12-7-16-13-19-22(20(29)14-16)24(27-18-5-3-2-4-6-18)23(28-19)17-8-10-25-11-9-17/h2-6,8-11,16,27-28H,7,12-15H2,1H3,(H,26,30). The highest BCUT2D eigenvalue weighted by Gasteiger charge is 2.31. The molecule has 0 saturated heterocycles. The van der Waals surface area contributed by atoms with Gasteiger partial charge in [0.25, 0.3) is 0 Å². The lowest BCUT2D eigenvalue weighted by Gasteiger charge is -2.22. The SMILES string of the molecule is COCC(=O)NCCC1CC(=O)c2c([nH]c(-c3ccncc3)c2Nc2ccccc2)C1. The van der Waals surface area contributed by atoms with Gasteiger partial charge in [0.15, 0.2) is 5.78 Å². The quantitative estimate of drug-likeness (QED) is 0.518. The maximum absolute atomic E-state index is 13.2. The summed E-state index contributed by atoms with van der Waals surface area (Å²) in [5, 5.41) is 6.29. The number of para-hydroxylation sites is 1. The molecule has 1 amide bonds. The average molecular weight is 418 g/mol. The second kappa shape index (κ2) is 9.57. The molecule has 1 atom stereocenters. The maximum Gasteiger partial charge on any atom is 0.245 e. The van der Waals surface area contributed by atoms with Crippen LogP contribution in [0.1, 0.15) is 28.9 Å². The molecular formula is C24H26N4O3. The summed E-state index contributed by atoms with van der Waals surface area (Å²) in [5.41, 5.74) is 5.27. The number of pyridine rings is 1. The van der Waals surface area contributed by atoms with E-state index >= 15 is 0 Å². The molecule has 1 aromatic carbocycles. The number of amides is 1. The van der Waals surface area contributed by atoms with Crippen LogP contribution in [0.2, 0.25) is 0 Å². The molecule has 0 bridgehead atoms. The summed E-state index contributed by atoms with van der Waals surface area (Å²) in [6.07, 6.45) is 5.45. The molecule has 31 heavy (non-hydrogen) atoms. The van der Waals surface area contributed by atoms with Crippen LogP contribution in [0.3, 0.4) is 0 Å². The number of anilines is 2. The highest BCUT2D eigenvalue weighted by atomic mass is 16.5. The third kappa shape index (κ3) is 4.83. The van der Waals surface area contributed by atoms with Crippen LogP contribution < -0.4 is 10.6 Å². The Balaban J connectivity index is 1.59. The lowest BCUT2D eigenvalue weighted by Crippen LogP contribution is -2.30. The smallest absolute Gasteiger partial charge is 0.245 e. The number of fused-ring (bicyclic) bond motifs is 1. The normalized spacial score (nSPS) is 15.4. The molecule has 1 unspecified atom stereocenters. The van der Waals surface area contributed by atoms with Gasteiger partial charge in [-0.1, -0.05) is 18.2 Å². The minimum atomic E-state index is -0.139. The molecule has 1 aliphatic carbocycles. The minimum Gasteiger partial charge on any atom is -0.375 e. The monoisotopic (exact) mass is 418 g/mol. The third-order valence-corrected chi connectivity index (χ3v) is 5.49. The molecule has 3 aromatic rings. The largest absolute Gasteiger partial charge is 0.375 e. The predicted octanol–water partition coefficient (Wildman–Crippen LogP) is 3.72. The summed E-state index contributed by atoms with van der Waals surface area (Å²) in [4.78, 5) is 32.4. The van der Waals surface area contributed by atoms with Crippen molar-refractivity contribution in [2.75, 3.05) is 25.6 Å². The Bertz CT molecular complexity index is 1050. The number of nitrogens with one attached hydrogen (secondary N) is 3. The number of hydrogen-bond donors (Lipinski definition) is 3. The fraction of sp³-hybridized carbons (Fsp3) is 0.292. The first-order valence-electron chi connectivity index (χ1n) is 10.4. The number of aromatic nitrogens is 2. The van der Waals surface area contributed by atoms with Crippen LogP contribution in [-0.2, 0) is 16.0 Å². The number of rotatable bonds is 8. The summed E-state index contributed by atoms with van der Waals surface area (Å²) in [6.45, 7) is 0.580. The van der Waals surface area contributed by atoms with E-state index in [0.29, 0.717) is 13.0 Å². The summed E-state index contributed by atoms with van der Waals surface area (Å²) in [6, 6.07) is 13.7. The molecule has 1 aliphatic rings. The molecular weight excluding hydrogens is 392 g/mol. The molecule has 0 spiro atoms. The van der Waals surface area contributed by atoms with E-state index in [-0.39, 0.29) is 24.2 Å². The van der Waals surface area contributed by atoms with Crippen molar-refractivity contribution in [2.24, 2.45) is 5.92 Å². The zero-order valence-corrected chi connectivity index (χ0v) is 17.5. The molecule has 0 saturated carbocycles. The number of aromatic amines is 1. The van der Waals surface area contributed by atoms with E-state index in [1.807, 2.05) is 42.5 Å². The number of hydrogen-bond acceptors (Lipinski definition) is 5. The summed E-state index contributed by atoms with van der Waals surface area (Å²) >= 11 is 0. The van der Waals surface area contributed by atoms with Crippen molar-refractivity contribution < 1.29 is 14.3 Å². The second-order valence-corrected chi connectivity index (χ2v) is 7.72. The van der Waals surface area contributed by atoms with Crippen LogP contribution in [0.4, 0.5) is 11.4 Å². The highest BCUT2D eigenvalue weighted by Crippen LogP contribution is 2.40. The molecule has 4 rings (SSSR count). The number of ether oxygens (including phenoxy) is 1. The Kier molecular flexibility index (Phi) is 6.43. The van der Waals surface area contributed by atoms with Crippen molar-refractivity contribution >= 4 is 23.1 Å². The van der Waals surface area contributed by atoms with Crippen molar-refractivity contribution in [1.29, 1.82) is 0 Å². The molecule has 0 aliphatic heterocycles. The Hall–Kier alpha value is -3.45. The summed E-state index contributed by atoms with van der Waals surface area (Å²) < 4.78 is 4.83. The first kappa shape index (κ1) is 20.8. The van der Waals surface area contributed by atoms with Crippen LogP contribution in [0.15, 0.2) is 54.9 Å². The molecule has 2 heterocycles. The molecule has 3 N–H and O–H groups in total. The predicted molar refractivity (Wildman–Crippen MR) is 119 cm³/mol. The third-order valence-electron chi connectivity index (χ3n) is 5.49. The van der Waals surface area contributed by atoms with E-state index < -0.39 is 0 Å². The van der Waals surface area contributed by atoms with Gasteiger partial charge in [0.05, 0.1) is 16.9 Å². The Morgan fingerprint density at radius 2 is 1.94 bits per heavy atom. The van der Waals surface area contributed by atoms with Gasteiger partial charge in [0, 0.05) is 49.4 Å². The Morgan fingerprint density at radius 1 is 1.16 bits per heavy atom. The summed E-state index contributed by atoms with van der Waals surface area (Å²) in [7, 11) is 1.49. The molecule has 7 heteroatoms. The number of Topliss-reactive ketones (excluding diaryl/α,β-unsaturated/α-hetero) is 1. The molecule has 2 aromatic heterocycles. The van der Waals surface area contributed by atoms with Gasteiger partial charge in [-0.05, 0) is 43.0 Å². The van der Waals surface area contributed by atoms with Crippen LogP contribution in [-0.4, -0.2) is 41.9 Å². The van der Waals surface area contributed by atoms with Crippen molar-refractivity contribution in [3.8, 4) is 11.3 Å². The number of nitrogens with zero attached hydrogens (tertiary/aromatic N) is 1. The van der Waals surface area contributed by atoms with Crippen molar-refractivity contribution in [1.82, 2.24) is 15.3 Å². The van der Waals surface area contributed by atoms with E-state index in [9.17, 15) is 9.59 Å². The van der Waals surface area contributed by atoms with Gasteiger partial charge in [0.1, 0.15) is 6.61 Å². The number of methoxy groups -OCH3 is 1. The topological polar surface area (TPSA) is 96.1 Å². The van der Waals surface area contributed by atoms with Crippen LogP contribution in [0.5, 0.6) is 0 Å². The fourth-order valence-electron chi connectivity index (χ4n) is 4.07. The number of carbonyl (C=O) groups is 2. The van der Waals surface area contributed by atoms with Gasteiger partial charge < -0.3 is 20.4 Å². The van der Waals surface area contributed by atoms with Crippen LogP contribution in [0.25, 0.3) is 11.3 Å².